The van der Waals surface area contributed by atoms with Crippen LogP contribution < -0.4 is 10.6 Å². The zero-order chi connectivity index (χ0) is 19.5. The van der Waals surface area contributed by atoms with Gasteiger partial charge in [0.2, 0.25) is 0 Å². The second-order valence-electron chi connectivity index (χ2n) is 7.45. The summed E-state index contributed by atoms with van der Waals surface area (Å²) in [6, 6.07) is 7.33. The van der Waals surface area contributed by atoms with E-state index in [1.54, 1.807) is 18.3 Å². The molecule has 2 fully saturated rings. The monoisotopic (exact) mass is 419 g/mol. The molecule has 1 aromatic carbocycles. The first-order valence-electron chi connectivity index (χ1n) is 9.68. The number of carbonyl (C=O) groups excluding carboxylic acids is 1. The maximum absolute atomic E-state index is 12.8. The molecule has 2 aliphatic rings. The third-order valence-corrected chi connectivity index (χ3v) is 6.02. The molecule has 2 aromatic rings. The number of benzene rings is 1. The number of amides is 1. The molecule has 5 nitrogen and oxygen atoms in total. The molecule has 1 amide bonds. The summed E-state index contributed by atoms with van der Waals surface area (Å²) in [5.74, 6) is 1.58. The lowest BCUT2D eigenvalue weighted by molar-refractivity contribution is 0.0642. The molecule has 1 aliphatic carbocycles. The lowest BCUT2D eigenvalue weighted by Gasteiger charge is -2.22. The van der Waals surface area contributed by atoms with Crippen LogP contribution in [0.25, 0.3) is 0 Å². The minimum Gasteiger partial charge on any atom is -0.381 e. The summed E-state index contributed by atoms with van der Waals surface area (Å²) >= 11 is 12.1. The quantitative estimate of drug-likeness (QED) is 0.677. The minimum atomic E-state index is -0.0398. The van der Waals surface area contributed by atoms with Gasteiger partial charge in [0.05, 0.1) is 15.6 Å². The Morgan fingerprint density at radius 2 is 1.89 bits per heavy atom. The van der Waals surface area contributed by atoms with Crippen molar-refractivity contribution in [3.8, 4) is 0 Å². The number of nitrogens with one attached hydrogen (secondary N) is 2. The van der Waals surface area contributed by atoms with E-state index in [1.165, 1.54) is 0 Å². The number of pyridine rings is 1. The number of rotatable bonds is 6. The second-order valence-corrected chi connectivity index (χ2v) is 8.27. The standard InChI is InChI=1S/C21H23Cl2N3O2/c22-18-4-3-15(9-19(18)23)26-20-10-16(14-1-2-14)17(12-24-20)21(27)25-11-13-5-7-28-8-6-13/h3-4,9-10,12-14H,1-2,5-8,11H2,(H,24,26)(H,25,27). The Balaban J connectivity index is 1.47. The van der Waals surface area contributed by atoms with Crippen molar-refractivity contribution in [3.63, 3.8) is 0 Å². The molecule has 2 heterocycles. The summed E-state index contributed by atoms with van der Waals surface area (Å²) in [7, 11) is 0. The molecular formula is C21H23Cl2N3O2. The fraction of sp³-hybridized carbons (Fsp3) is 0.429. The van der Waals surface area contributed by atoms with E-state index in [9.17, 15) is 4.79 Å². The molecule has 1 saturated carbocycles. The van der Waals surface area contributed by atoms with Crippen molar-refractivity contribution < 1.29 is 9.53 Å². The Morgan fingerprint density at radius 1 is 1.11 bits per heavy atom. The number of halogens is 2. The van der Waals surface area contributed by atoms with Crippen LogP contribution in [-0.4, -0.2) is 30.6 Å². The molecule has 1 aromatic heterocycles. The molecule has 0 spiro atoms. The van der Waals surface area contributed by atoms with Crippen LogP contribution in [0.1, 0.15) is 47.5 Å². The molecule has 0 atom stereocenters. The zero-order valence-electron chi connectivity index (χ0n) is 15.5. The van der Waals surface area contributed by atoms with Crippen molar-refractivity contribution in [2.75, 3.05) is 25.1 Å². The fourth-order valence-electron chi connectivity index (χ4n) is 3.47. The SMILES string of the molecule is O=C(NCC1CCOCC1)c1cnc(Nc2ccc(Cl)c(Cl)c2)cc1C1CC1. The van der Waals surface area contributed by atoms with E-state index in [0.717, 1.165) is 50.1 Å². The van der Waals surface area contributed by atoms with Crippen LogP contribution in [0.4, 0.5) is 11.5 Å². The smallest absolute Gasteiger partial charge is 0.253 e. The van der Waals surface area contributed by atoms with Crippen LogP contribution in [0, 0.1) is 5.92 Å². The first-order chi connectivity index (χ1) is 13.6. The molecule has 7 heteroatoms. The minimum absolute atomic E-state index is 0.0398. The molecule has 4 rings (SSSR count). The van der Waals surface area contributed by atoms with Gasteiger partial charge in [-0.25, -0.2) is 4.98 Å². The van der Waals surface area contributed by atoms with Crippen molar-refractivity contribution in [1.29, 1.82) is 0 Å². The Labute approximate surface area is 174 Å². The summed E-state index contributed by atoms with van der Waals surface area (Å²) in [4.78, 5) is 17.2. The highest BCUT2D eigenvalue weighted by molar-refractivity contribution is 6.42. The highest BCUT2D eigenvalue weighted by Gasteiger charge is 2.29. The average Bonchev–Trinajstić information content (AvgIpc) is 3.55. The fourth-order valence-corrected chi connectivity index (χ4v) is 3.76. The van der Waals surface area contributed by atoms with Crippen molar-refractivity contribution in [2.45, 2.75) is 31.6 Å². The molecule has 0 bridgehead atoms. The third kappa shape index (κ3) is 4.77. The third-order valence-electron chi connectivity index (χ3n) is 5.28. The van der Waals surface area contributed by atoms with Crippen LogP contribution in [-0.2, 0) is 4.74 Å². The van der Waals surface area contributed by atoms with Gasteiger partial charge >= 0.3 is 0 Å². The molecule has 0 unspecified atom stereocenters. The van der Waals surface area contributed by atoms with Crippen LogP contribution in [0.2, 0.25) is 10.0 Å². The molecule has 28 heavy (non-hydrogen) atoms. The van der Waals surface area contributed by atoms with Gasteiger partial charge in [-0.05, 0) is 67.3 Å². The summed E-state index contributed by atoms with van der Waals surface area (Å²) in [6.07, 6.45) is 5.89. The van der Waals surface area contributed by atoms with Crippen LogP contribution >= 0.6 is 23.2 Å². The van der Waals surface area contributed by atoms with Gasteiger partial charge in [-0.3, -0.25) is 4.79 Å². The number of hydrogen-bond donors (Lipinski definition) is 2. The lowest BCUT2D eigenvalue weighted by Crippen LogP contribution is -2.32. The van der Waals surface area contributed by atoms with Gasteiger partial charge in [0.1, 0.15) is 5.82 Å². The number of ether oxygens (including phenoxy) is 1. The van der Waals surface area contributed by atoms with E-state index in [4.69, 9.17) is 27.9 Å². The Hall–Kier alpha value is -1.82. The molecular weight excluding hydrogens is 397 g/mol. The summed E-state index contributed by atoms with van der Waals surface area (Å²) < 4.78 is 5.38. The van der Waals surface area contributed by atoms with E-state index in [0.29, 0.717) is 39.8 Å². The van der Waals surface area contributed by atoms with Crippen molar-refractivity contribution in [3.05, 3.63) is 51.6 Å². The van der Waals surface area contributed by atoms with Crippen LogP contribution in [0.3, 0.4) is 0 Å². The van der Waals surface area contributed by atoms with Gasteiger partial charge in [0.15, 0.2) is 0 Å². The molecule has 0 radical (unpaired) electrons. The van der Waals surface area contributed by atoms with Crippen LogP contribution in [0.5, 0.6) is 0 Å². The Bertz CT molecular complexity index is 865. The Morgan fingerprint density at radius 3 is 2.61 bits per heavy atom. The number of hydrogen-bond acceptors (Lipinski definition) is 4. The van der Waals surface area contributed by atoms with E-state index < -0.39 is 0 Å². The largest absolute Gasteiger partial charge is 0.381 e. The van der Waals surface area contributed by atoms with Gasteiger partial charge in [-0.15, -0.1) is 0 Å². The van der Waals surface area contributed by atoms with Crippen molar-refractivity contribution in [1.82, 2.24) is 10.3 Å². The van der Waals surface area contributed by atoms with Crippen molar-refractivity contribution >= 4 is 40.6 Å². The Kier molecular flexibility index (Phi) is 6.04. The van der Waals surface area contributed by atoms with Gasteiger partial charge in [0, 0.05) is 31.6 Å². The predicted octanol–water partition coefficient (Wildman–Crippen LogP) is 5.17. The van der Waals surface area contributed by atoms with Gasteiger partial charge < -0.3 is 15.4 Å². The van der Waals surface area contributed by atoms with E-state index >= 15 is 0 Å². The van der Waals surface area contributed by atoms with Crippen LogP contribution in [0.15, 0.2) is 30.5 Å². The maximum Gasteiger partial charge on any atom is 0.253 e. The zero-order valence-corrected chi connectivity index (χ0v) is 17.0. The predicted molar refractivity (Wildman–Crippen MR) is 112 cm³/mol. The van der Waals surface area contributed by atoms with Gasteiger partial charge in [0.25, 0.3) is 5.91 Å². The summed E-state index contributed by atoms with van der Waals surface area (Å²) in [5.41, 5.74) is 2.54. The summed E-state index contributed by atoms with van der Waals surface area (Å²) in [6.45, 7) is 2.25. The van der Waals surface area contributed by atoms with Crippen molar-refractivity contribution in [2.24, 2.45) is 5.92 Å². The van der Waals surface area contributed by atoms with E-state index in [2.05, 4.69) is 15.6 Å². The number of nitrogens with zero attached hydrogens (tertiary/aromatic N) is 1. The van der Waals surface area contributed by atoms with Gasteiger partial charge in [-0.2, -0.15) is 0 Å². The van der Waals surface area contributed by atoms with E-state index in [1.807, 2.05) is 12.1 Å². The highest BCUT2D eigenvalue weighted by Crippen LogP contribution is 2.42. The molecule has 1 saturated heterocycles. The number of carbonyl (C=O) groups is 1. The lowest BCUT2D eigenvalue weighted by atomic mass is 10.00. The second kappa shape index (κ2) is 8.68. The number of anilines is 2. The molecule has 2 N–H and O–H groups in total. The summed E-state index contributed by atoms with van der Waals surface area (Å²) in [5, 5.41) is 7.33. The highest BCUT2D eigenvalue weighted by atomic mass is 35.5. The average molecular weight is 420 g/mol. The molecule has 148 valence electrons. The molecule has 1 aliphatic heterocycles. The topological polar surface area (TPSA) is 63.2 Å². The van der Waals surface area contributed by atoms with Gasteiger partial charge in [-0.1, -0.05) is 23.2 Å². The maximum atomic E-state index is 12.8. The normalized spacial score (nSPS) is 17.4. The first-order valence-corrected chi connectivity index (χ1v) is 10.4. The van der Waals surface area contributed by atoms with E-state index in [-0.39, 0.29) is 5.91 Å². The first kappa shape index (κ1) is 19.5. The number of aromatic nitrogens is 1.